The number of nitrogens with one attached hydrogen (secondary N) is 1. The largest absolute Gasteiger partial charge is 0.348 e. The summed E-state index contributed by atoms with van der Waals surface area (Å²) in [7, 11) is 1.80. The summed E-state index contributed by atoms with van der Waals surface area (Å²) in [6.45, 7) is 1.16. The molecule has 2 saturated heterocycles. The number of aryl methyl sites for hydroxylation is 1. The Morgan fingerprint density at radius 1 is 1.32 bits per heavy atom. The van der Waals surface area contributed by atoms with E-state index in [1.807, 2.05) is 23.1 Å². The maximum absolute atomic E-state index is 12.9. The van der Waals surface area contributed by atoms with Crippen LogP contribution in [0.3, 0.4) is 0 Å². The standard InChI is InChI=1S/C19H22N4O2/c1-22-11-15(10-20-22)18(25)23-12-16(14-6-3-2-4-7-14)19(13-23)9-5-8-17(24)21-19/h2-4,6-7,10-11,16H,5,8-9,12-13H2,1H3,(H,21,24)/t16-,19+/m0/s1. The number of piperidine rings is 1. The zero-order valence-electron chi connectivity index (χ0n) is 14.3. The zero-order chi connectivity index (χ0) is 17.4. The van der Waals surface area contributed by atoms with Crippen LogP contribution in [0.5, 0.6) is 0 Å². The quantitative estimate of drug-likeness (QED) is 0.906. The molecule has 1 aromatic heterocycles. The van der Waals surface area contributed by atoms with E-state index in [4.69, 9.17) is 0 Å². The summed E-state index contributed by atoms with van der Waals surface area (Å²) in [5, 5.41) is 7.33. The summed E-state index contributed by atoms with van der Waals surface area (Å²) >= 11 is 0. The Kier molecular flexibility index (Phi) is 3.82. The molecule has 130 valence electrons. The predicted molar refractivity (Wildman–Crippen MR) is 93.0 cm³/mol. The van der Waals surface area contributed by atoms with Crippen LogP contribution < -0.4 is 5.32 Å². The minimum Gasteiger partial charge on any atom is -0.348 e. The lowest BCUT2D eigenvalue weighted by Crippen LogP contribution is -2.56. The molecule has 0 bridgehead atoms. The number of carbonyl (C=O) groups excluding carboxylic acids is 2. The third kappa shape index (κ3) is 2.81. The van der Waals surface area contributed by atoms with Crippen LogP contribution in [0, 0.1) is 0 Å². The first-order valence-corrected chi connectivity index (χ1v) is 8.71. The average Bonchev–Trinajstić information content (AvgIpc) is 3.19. The van der Waals surface area contributed by atoms with Gasteiger partial charge in [-0.2, -0.15) is 5.10 Å². The molecule has 1 spiro atoms. The van der Waals surface area contributed by atoms with Gasteiger partial charge < -0.3 is 10.2 Å². The average molecular weight is 338 g/mol. The van der Waals surface area contributed by atoms with Gasteiger partial charge in [-0.15, -0.1) is 0 Å². The third-order valence-electron chi connectivity index (χ3n) is 5.40. The van der Waals surface area contributed by atoms with Gasteiger partial charge in [0.2, 0.25) is 5.91 Å². The second-order valence-electron chi connectivity index (χ2n) is 7.11. The maximum atomic E-state index is 12.9. The number of hydrogen-bond donors (Lipinski definition) is 1. The number of benzene rings is 1. The van der Waals surface area contributed by atoms with E-state index in [2.05, 4.69) is 22.5 Å². The zero-order valence-corrected chi connectivity index (χ0v) is 14.3. The number of hydrogen-bond acceptors (Lipinski definition) is 3. The third-order valence-corrected chi connectivity index (χ3v) is 5.40. The van der Waals surface area contributed by atoms with E-state index in [-0.39, 0.29) is 23.3 Å². The first-order valence-electron chi connectivity index (χ1n) is 8.71. The van der Waals surface area contributed by atoms with E-state index >= 15 is 0 Å². The molecule has 25 heavy (non-hydrogen) atoms. The van der Waals surface area contributed by atoms with Crippen LogP contribution >= 0.6 is 0 Å². The van der Waals surface area contributed by atoms with Gasteiger partial charge in [0.05, 0.1) is 17.3 Å². The molecule has 1 N–H and O–H groups in total. The molecule has 2 fully saturated rings. The van der Waals surface area contributed by atoms with Crippen molar-refractivity contribution in [2.24, 2.45) is 7.05 Å². The van der Waals surface area contributed by atoms with Crippen molar-refractivity contribution in [3.8, 4) is 0 Å². The fraction of sp³-hybridized carbons (Fsp3) is 0.421. The molecule has 6 nitrogen and oxygen atoms in total. The molecule has 1 aromatic carbocycles. The molecule has 4 rings (SSSR count). The monoisotopic (exact) mass is 338 g/mol. The van der Waals surface area contributed by atoms with Gasteiger partial charge in [-0.1, -0.05) is 30.3 Å². The van der Waals surface area contributed by atoms with E-state index in [1.165, 1.54) is 5.56 Å². The summed E-state index contributed by atoms with van der Waals surface area (Å²) in [5.41, 5.74) is 1.40. The summed E-state index contributed by atoms with van der Waals surface area (Å²) in [5.74, 6) is 0.173. The number of rotatable bonds is 2. The molecular formula is C19H22N4O2. The molecule has 0 saturated carbocycles. The highest BCUT2D eigenvalue weighted by Gasteiger charge is 2.50. The van der Waals surface area contributed by atoms with Crippen molar-refractivity contribution in [2.75, 3.05) is 13.1 Å². The lowest BCUT2D eigenvalue weighted by atomic mass is 9.76. The van der Waals surface area contributed by atoms with Crippen LogP contribution in [0.2, 0.25) is 0 Å². The van der Waals surface area contributed by atoms with Crippen LogP contribution in [0.1, 0.15) is 41.1 Å². The van der Waals surface area contributed by atoms with Gasteiger partial charge in [-0.25, -0.2) is 0 Å². The Morgan fingerprint density at radius 3 is 2.80 bits per heavy atom. The number of carbonyl (C=O) groups is 2. The van der Waals surface area contributed by atoms with Gasteiger partial charge in [-0.05, 0) is 18.4 Å². The fourth-order valence-corrected chi connectivity index (χ4v) is 4.24. The highest BCUT2D eigenvalue weighted by atomic mass is 16.2. The molecule has 3 heterocycles. The Morgan fingerprint density at radius 2 is 2.12 bits per heavy atom. The summed E-state index contributed by atoms with van der Waals surface area (Å²) in [6.07, 6.45) is 5.67. The molecule has 0 radical (unpaired) electrons. The second kappa shape index (κ2) is 6.02. The summed E-state index contributed by atoms with van der Waals surface area (Å²) in [4.78, 5) is 26.9. The Balaban J connectivity index is 1.67. The minimum absolute atomic E-state index is 0.0225. The number of amides is 2. The first kappa shape index (κ1) is 15.9. The number of aromatic nitrogens is 2. The SMILES string of the molecule is Cn1cc(C(=O)N2C[C@@H](c3ccccc3)[C@@]3(CCCC(=O)N3)C2)cn1. The maximum Gasteiger partial charge on any atom is 0.257 e. The van der Waals surface area contributed by atoms with Crippen LogP contribution in [0.15, 0.2) is 42.7 Å². The van der Waals surface area contributed by atoms with Crippen molar-refractivity contribution in [3.05, 3.63) is 53.9 Å². The van der Waals surface area contributed by atoms with Crippen molar-refractivity contribution >= 4 is 11.8 Å². The van der Waals surface area contributed by atoms with Crippen molar-refractivity contribution in [2.45, 2.75) is 30.7 Å². The molecule has 2 aliphatic rings. The van der Waals surface area contributed by atoms with Gasteiger partial charge in [0.25, 0.3) is 5.91 Å². The van der Waals surface area contributed by atoms with Crippen LogP contribution in [-0.4, -0.2) is 45.1 Å². The Labute approximate surface area is 146 Å². The van der Waals surface area contributed by atoms with E-state index in [0.717, 1.165) is 12.8 Å². The summed E-state index contributed by atoms with van der Waals surface area (Å²) in [6, 6.07) is 10.2. The smallest absolute Gasteiger partial charge is 0.257 e. The number of likely N-dealkylation sites (tertiary alicyclic amines) is 1. The molecule has 2 aliphatic heterocycles. The Bertz CT molecular complexity index is 801. The highest BCUT2D eigenvalue weighted by Crippen LogP contribution is 2.41. The molecule has 0 aliphatic carbocycles. The lowest BCUT2D eigenvalue weighted by molar-refractivity contribution is -0.125. The van der Waals surface area contributed by atoms with Gasteiger partial charge in [0, 0.05) is 38.7 Å². The van der Waals surface area contributed by atoms with Gasteiger partial charge in [0.15, 0.2) is 0 Å². The predicted octanol–water partition coefficient (Wildman–Crippen LogP) is 1.70. The van der Waals surface area contributed by atoms with Crippen molar-refractivity contribution in [1.29, 1.82) is 0 Å². The molecule has 2 atom stereocenters. The molecular weight excluding hydrogens is 316 g/mol. The van der Waals surface area contributed by atoms with Crippen LogP contribution in [-0.2, 0) is 11.8 Å². The van der Waals surface area contributed by atoms with Gasteiger partial charge in [0.1, 0.15) is 0 Å². The molecule has 0 unspecified atom stereocenters. The normalized spacial score (nSPS) is 26.0. The van der Waals surface area contributed by atoms with E-state index in [1.54, 1.807) is 24.1 Å². The van der Waals surface area contributed by atoms with E-state index in [9.17, 15) is 9.59 Å². The van der Waals surface area contributed by atoms with Crippen LogP contribution in [0.4, 0.5) is 0 Å². The summed E-state index contributed by atoms with van der Waals surface area (Å²) < 4.78 is 1.64. The van der Waals surface area contributed by atoms with Crippen molar-refractivity contribution in [3.63, 3.8) is 0 Å². The Hall–Kier alpha value is -2.63. The van der Waals surface area contributed by atoms with Gasteiger partial charge in [-0.3, -0.25) is 14.3 Å². The number of nitrogens with zero attached hydrogens (tertiary/aromatic N) is 3. The second-order valence-corrected chi connectivity index (χ2v) is 7.11. The van der Waals surface area contributed by atoms with Crippen molar-refractivity contribution < 1.29 is 9.59 Å². The van der Waals surface area contributed by atoms with Crippen molar-refractivity contribution in [1.82, 2.24) is 20.0 Å². The first-order chi connectivity index (χ1) is 12.1. The van der Waals surface area contributed by atoms with E-state index in [0.29, 0.717) is 25.1 Å². The van der Waals surface area contributed by atoms with Crippen LogP contribution in [0.25, 0.3) is 0 Å². The van der Waals surface area contributed by atoms with Gasteiger partial charge >= 0.3 is 0 Å². The van der Waals surface area contributed by atoms with E-state index < -0.39 is 0 Å². The topological polar surface area (TPSA) is 67.2 Å². The molecule has 2 amide bonds. The lowest BCUT2D eigenvalue weighted by Gasteiger charge is -2.39. The molecule has 6 heteroatoms. The highest BCUT2D eigenvalue weighted by molar-refractivity contribution is 5.94. The minimum atomic E-state index is -0.367. The fourth-order valence-electron chi connectivity index (χ4n) is 4.24. The molecule has 2 aromatic rings.